The van der Waals surface area contributed by atoms with Crippen LogP contribution in [0.25, 0.3) is 6.08 Å². The molecule has 2 aromatic carbocycles. The first-order valence-corrected chi connectivity index (χ1v) is 9.55. The number of hydrogen-bond acceptors (Lipinski definition) is 3. The van der Waals surface area contributed by atoms with Crippen LogP contribution in [0.1, 0.15) is 23.4 Å². The molecule has 2 unspecified atom stereocenters. The molecule has 2 aromatic rings. The number of carboxylic acid groups (broad SMARTS) is 1. The number of halogens is 1. The van der Waals surface area contributed by atoms with Crippen molar-refractivity contribution in [2.75, 3.05) is 12.3 Å². The second-order valence-electron chi connectivity index (χ2n) is 6.17. The molecule has 1 aliphatic rings. The predicted molar refractivity (Wildman–Crippen MR) is 105 cm³/mol. The van der Waals surface area contributed by atoms with E-state index in [4.69, 9.17) is 11.6 Å². The normalized spacial score (nSPS) is 21.4. The third-order valence-corrected chi connectivity index (χ3v) is 5.78. The smallest absolute Gasteiger partial charge is 0.321 e. The van der Waals surface area contributed by atoms with Gasteiger partial charge in [-0.1, -0.05) is 65.7 Å². The number of rotatable bonds is 5. The minimum atomic E-state index is -0.774. The van der Waals surface area contributed by atoms with Gasteiger partial charge in [0.15, 0.2) is 0 Å². The Bertz CT molecular complexity index is 778. The van der Waals surface area contributed by atoms with Crippen LogP contribution in [-0.4, -0.2) is 34.3 Å². The molecular formula is C20H20ClNO2S. The molecule has 0 amide bonds. The summed E-state index contributed by atoms with van der Waals surface area (Å²) in [6, 6.07) is 17.3. The summed E-state index contributed by atoms with van der Waals surface area (Å²) < 4.78 is 0. The zero-order valence-corrected chi connectivity index (χ0v) is 15.5. The molecule has 1 saturated heterocycles. The minimum Gasteiger partial charge on any atom is -0.480 e. The second-order valence-corrected chi connectivity index (χ2v) is 7.72. The van der Waals surface area contributed by atoms with E-state index < -0.39 is 12.0 Å². The molecule has 3 nitrogen and oxygen atoms in total. The summed E-state index contributed by atoms with van der Waals surface area (Å²) in [4.78, 5) is 13.7. The molecule has 2 atom stereocenters. The Morgan fingerprint density at radius 3 is 2.72 bits per heavy atom. The maximum Gasteiger partial charge on any atom is 0.321 e. The Morgan fingerprint density at radius 2 is 2.04 bits per heavy atom. The van der Waals surface area contributed by atoms with Crippen molar-refractivity contribution in [3.05, 3.63) is 76.3 Å². The van der Waals surface area contributed by atoms with Gasteiger partial charge in [-0.25, -0.2) is 0 Å². The summed E-state index contributed by atoms with van der Waals surface area (Å²) in [5, 5.41) is 10.3. The molecule has 130 valence electrons. The molecule has 3 rings (SSSR count). The minimum absolute atomic E-state index is 0.000997. The monoisotopic (exact) mass is 373 g/mol. The molecule has 1 N–H and O–H groups in total. The van der Waals surface area contributed by atoms with Crippen molar-refractivity contribution >= 4 is 35.4 Å². The van der Waals surface area contributed by atoms with Crippen LogP contribution >= 0.6 is 23.4 Å². The van der Waals surface area contributed by atoms with Crippen molar-refractivity contribution in [2.45, 2.75) is 18.3 Å². The van der Waals surface area contributed by atoms with E-state index in [0.717, 1.165) is 16.7 Å². The van der Waals surface area contributed by atoms with Crippen LogP contribution in [0.3, 0.4) is 0 Å². The van der Waals surface area contributed by atoms with Crippen LogP contribution < -0.4 is 0 Å². The van der Waals surface area contributed by atoms with E-state index in [1.165, 1.54) is 0 Å². The molecule has 0 aromatic heterocycles. The van der Waals surface area contributed by atoms with E-state index in [2.05, 4.69) is 6.08 Å². The van der Waals surface area contributed by atoms with Crippen LogP contribution in [-0.2, 0) is 4.79 Å². The average molecular weight is 374 g/mol. The van der Waals surface area contributed by atoms with E-state index >= 15 is 0 Å². The molecule has 0 spiro atoms. The molecule has 1 heterocycles. The molecule has 0 aliphatic carbocycles. The van der Waals surface area contributed by atoms with Gasteiger partial charge in [-0.05, 0) is 30.2 Å². The number of nitrogens with zero attached hydrogens (tertiary/aromatic N) is 1. The van der Waals surface area contributed by atoms with Crippen LogP contribution in [0.5, 0.6) is 0 Å². The van der Waals surface area contributed by atoms with Crippen molar-refractivity contribution in [1.82, 2.24) is 4.90 Å². The van der Waals surface area contributed by atoms with Gasteiger partial charge in [-0.3, -0.25) is 9.69 Å². The van der Waals surface area contributed by atoms with Gasteiger partial charge in [-0.15, -0.1) is 11.8 Å². The van der Waals surface area contributed by atoms with Crippen molar-refractivity contribution in [3.63, 3.8) is 0 Å². The Balaban J connectivity index is 1.85. The summed E-state index contributed by atoms with van der Waals surface area (Å²) in [6.45, 7) is 2.65. The second kappa shape index (κ2) is 8.09. The van der Waals surface area contributed by atoms with Crippen molar-refractivity contribution in [3.8, 4) is 0 Å². The maximum atomic E-state index is 11.7. The average Bonchev–Trinajstić information content (AvgIpc) is 2.99. The first-order valence-electron chi connectivity index (χ1n) is 8.12. The van der Waals surface area contributed by atoms with Crippen LogP contribution in [0.4, 0.5) is 0 Å². The lowest BCUT2D eigenvalue weighted by atomic mass is 10.1. The summed E-state index contributed by atoms with van der Waals surface area (Å²) in [6.07, 6.45) is 2.11. The Morgan fingerprint density at radius 1 is 1.28 bits per heavy atom. The van der Waals surface area contributed by atoms with E-state index in [9.17, 15) is 9.90 Å². The van der Waals surface area contributed by atoms with Gasteiger partial charge in [0, 0.05) is 17.3 Å². The van der Waals surface area contributed by atoms with Gasteiger partial charge >= 0.3 is 5.97 Å². The molecule has 0 radical (unpaired) electrons. The largest absolute Gasteiger partial charge is 0.480 e. The summed E-state index contributed by atoms with van der Waals surface area (Å²) in [5.41, 5.74) is 3.30. The molecule has 0 saturated carbocycles. The van der Waals surface area contributed by atoms with Gasteiger partial charge < -0.3 is 5.11 Å². The highest BCUT2D eigenvalue weighted by Crippen LogP contribution is 2.42. The van der Waals surface area contributed by atoms with Gasteiger partial charge in [0.2, 0.25) is 0 Å². The lowest BCUT2D eigenvalue weighted by Gasteiger charge is -2.27. The Labute approximate surface area is 157 Å². The highest BCUT2D eigenvalue weighted by Gasteiger charge is 2.39. The number of aliphatic carboxylic acids is 1. The van der Waals surface area contributed by atoms with E-state index in [1.54, 1.807) is 11.8 Å². The van der Waals surface area contributed by atoms with Crippen molar-refractivity contribution < 1.29 is 9.90 Å². The third kappa shape index (κ3) is 4.46. The molecule has 5 heteroatoms. The fraction of sp³-hybridized carbons (Fsp3) is 0.250. The number of carboxylic acids is 1. The van der Waals surface area contributed by atoms with E-state index in [-0.39, 0.29) is 5.37 Å². The Kier molecular flexibility index (Phi) is 5.84. The quantitative estimate of drug-likeness (QED) is 0.805. The van der Waals surface area contributed by atoms with Crippen molar-refractivity contribution in [1.29, 1.82) is 0 Å². The van der Waals surface area contributed by atoms with E-state index in [0.29, 0.717) is 17.3 Å². The van der Waals surface area contributed by atoms with Gasteiger partial charge in [0.25, 0.3) is 0 Å². The zero-order valence-electron chi connectivity index (χ0n) is 13.9. The fourth-order valence-electron chi connectivity index (χ4n) is 3.06. The van der Waals surface area contributed by atoms with Gasteiger partial charge in [-0.2, -0.15) is 0 Å². The van der Waals surface area contributed by atoms with Crippen LogP contribution in [0, 0.1) is 0 Å². The SMILES string of the molecule is CC(=Cc1ccccc1)CN1C(C(=O)O)CSC1c1cccc(Cl)c1. The van der Waals surface area contributed by atoms with Gasteiger partial charge in [0.05, 0.1) is 5.37 Å². The lowest BCUT2D eigenvalue weighted by Crippen LogP contribution is -2.39. The highest BCUT2D eigenvalue weighted by atomic mass is 35.5. The molecular weight excluding hydrogens is 354 g/mol. The van der Waals surface area contributed by atoms with Crippen LogP contribution in [0.15, 0.2) is 60.2 Å². The maximum absolute atomic E-state index is 11.7. The predicted octanol–water partition coefficient (Wildman–Crippen LogP) is 4.94. The zero-order chi connectivity index (χ0) is 17.8. The summed E-state index contributed by atoms with van der Waals surface area (Å²) >= 11 is 7.78. The fourth-order valence-corrected chi connectivity index (χ4v) is 4.71. The third-order valence-electron chi connectivity index (χ3n) is 4.18. The molecule has 25 heavy (non-hydrogen) atoms. The first kappa shape index (κ1) is 18.1. The standard InChI is InChI=1S/C20H20ClNO2S/c1-14(10-15-6-3-2-4-7-15)12-22-18(20(23)24)13-25-19(22)16-8-5-9-17(21)11-16/h2-11,18-19H,12-13H2,1H3,(H,23,24). The van der Waals surface area contributed by atoms with E-state index in [1.807, 2.05) is 66.4 Å². The number of carbonyl (C=O) groups is 1. The van der Waals surface area contributed by atoms with Crippen molar-refractivity contribution in [2.24, 2.45) is 0 Å². The summed E-state index contributed by atoms with van der Waals surface area (Å²) in [7, 11) is 0. The molecule has 0 bridgehead atoms. The summed E-state index contributed by atoms with van der Waals surface area (Å²) in [5.74, 6) is -0.199. The highest BCUT2D eigenvalue weighted by molar-refractivity contribution is 7.99. The van der Waals surface area contributed by atoms with Gasteiger partial charge in [0.1, 0.15) is 6.04 Å². The number of hydrogen-bond donors (Lipinski definition) is 1. The lowest BCUT2D eigenvalue weighted by molar-refractivity contribution is -0.142. The number of thioether (sulfide) groups is 1. The van der Waals surface area contributed by atoms with Crippen LogP contribution in [0.2, 0.25) is 5.02 Å². The number of benzene rings is 2. The molecule has 1 fully saturated rings. The first-order chi connectivity index (χ1) is 12.0. The molecule has 1 aliphatic heterocycles. The Hall–Kier alpha value is -1.75. The topological polar surface area (TPSA) is 40.5 Å².